The minimum atomic E-state index is -0.0225. The van der Waals surface area contributed by atoms with Gasteiger partial charge in [-0.1, -0.05) is 6.92 Å². The van der Waals surface area contributed by atoms with Gasteiger partial charge in [0.2, 0.25) is 0 Å². The van der Waals surface area contributed by atoms with Crippen molar-refractivity contribution in [3.05, 3.63) is 24.2 Å². The van der Waals surface area contributed by atoms with E-state index in [4.69, 9.17) is 4.42 Å². The molecule has 1 aromatic rings. The molecule has 0 radical (unpaired) electrons. The van der Waals surface area contributed by atoms with Crippen LogP contribution in [-0.4, -0.2) is 11.9 Å². The maximum atomic E-state index is 11.4. The monoisotopic (exact) mass is 179 g/mol. The molecule has 1 aromatic heterocycles. The average Bonchev–Trinajstić information content (AvgIpc) is 2.53. The Morgan fingerprint density at radius 2 is 2.38 bits per heavy atom. The highest BCUT2D eigenvalue weighted by Gasteiger charge is 2.26. The second-order valence-electron chi connectivity index (χ2n) is 3.76. The van der Waals surface area contributed by atoms with Crippen molar-refractivity contribution < 1.29 is 9.21 Å². The number of carbonyl (C=O) groups is 1. The number of furan rings is 1. The Bertz CT molecular complexity index is 286. The van der Waals surface area contributed by atoms with Crippen LogP contribution in [0.1, 0.15) is 30.1 Å². The molecule has 3 heteroatoms. The Morgan fingerprint density at radius 3 is 2.92 bits per heavy atom. The predicted octanol–water partition coefficient (Wildman–Crippen LogP) is 1.81. The molecule has 1 heterocycles. The summed E-state index contributed by atoms with van der Waals surface area (Å²) in [7, 11) is 0. The van der Waals surface area contributed by atoms with E-state index in [2.05, 4.69) is 12.2 Å². The van der Waals surface area contributed by atoms with Gasteiger partial charge in [0.1, 0.15) is 6.26 Å². The second kappa shape index (κ2) is 3.24. The lowest BCUT2D eigenvalue weighted by molar-refractivity contribution is 0.0895. The molecule has 1 amide bonds. The zero-order chi connectivity index (χ0) is 9.26. The number of carbonyl (C=O) groups excluding carboxylic acids is 1. The topological polar surface area (TPSA) is 42.2 Å². The predicted molar refractivity (Wildman–Crippen MR) is 48.4 cm³/mol. The normalized spacial score (nSPS) is 26.5. The van der Waals surface area contributed by atoms with Crippen molar-refractivity contribution in [2.45, 2.75) is 25.8 Å². The van der Waals surface area contributed by atoms with E-state index in [1.807, 2.05) is 0 Å². The minimum absolute atomic E-state index is 0.0225. The molecule has 1 saturated carbocycles. The molecule has 0 bridgehead atoms. The van der Waals surface area contributed by atoms with Crippen LogP contribution in [0.4, 0.5) is 0 Å². The summed E-state index contributed by atoms with van der Waals surface area (Å²) in [6, 6.07) is 2.05. The van der Waals surface area contributed by atoms with Gasteiger partial charge in [-0.25, -0.2) is 0 Å². The maximum Gasteiger partial charge on any atom is 0.254 e. The molecule has 0 aliphatic heterocycles. The van der Waals surface area contributed by atoms with Crippen molar-refractivity contribution in [3.63, 3.8) is 0 Å². The van der Waals surface area contributed by atoms with Gasteiger partial charge in [0.25, 0.3) is 5.91 Å². The average molecular weight is 179 g/mol. The SMILES string of the molecule is CC1CC(NC(=O)c2ccoc2)C1. The number of nitrogens with one attached hydrogen (secondary N) is 1. The van der Waals surface area contributed by atoms with E-state index in [1.54, 1.807) is 6.07 Å². The molecular weight excluding hydrogens is 166 g/mol. The fourth-order valence-corrected chi connectivity index (χ4v) is 1.68. The van der Waals surface area contributed by atoms with Crippen LogP contribution in [0.5, 0.6) is 0 Å². The van der Waals surface area contributed by atoms with Gasteiger partial charge >= 0.3 is 0 Å². The summed E-state index contributed by atoms with van der Waals surface area (Å²) in [6.07, 6.45) is 5.18. The summed E-state index contributed by atoms with van der Waals surface area (Å²) >= 11 is 0. The molecule has 70 valence electrons. The largest absolute Gasteiger partial charge is 0.472 e. The Hall–Kier alpha value is -1.25. The second-order valence-corrected chi connectivity index (χ2v) is 3.76. The van der Waals surface area contributed by atoms with Crippen molar-refractivity contribution in [1.82, 2.24) is 5.32 Å². The zero-order valence-electron chi connectivity index (χ0n) is 7.62. The maximum absolute atomic E-state index is 11.4. The summed E-state index contributed by atoms with van der Waals surface area (Å²) in [6.45, 7) is 2.19. The Balaban J connectivity index is 1.86. The molecule has 0 spiro atoms. The fourth-order valence-electron chi connectivity index (χ4n) is 1.68. The number of amides is 1. The molecule has 0 saturated heterocycles. The highest BCUT2D eigenvalue weighted by molar-refractivity contribution is 5.93. The quantitative estimate of drug-likeness (QED) is 0.752. The molecule has 1 aliphatic carbocycles. The van der Waals surface area contributed by atoms with E-state index in [9.17, 15) is 4.79 Å². The minimum Gasteiger partial charge on any atom is -0.472 e. The van der Waals surface area contributed by atoms with Crippen molar-refractivity contribution in [3.8, 4) is 0 Å². The van der Waals surface area contributed by atoms with E-state index >= 15 is 0 Å². The van der Waals surface area contributed by atoms with Crippen LogP contribution in [0.25, 0.3) is 0 Å². The summed E-state index contributed by atoms with van der Waals surface area (Å²) in [5, 5.41) is 2.95. The first-order chi connectivity index (χ1) is 6.25. The van der Waals surface area contributed by atoms with E-state index < -0.39 is 0 Å². The zero-order valence-corrected chi connectivity index (χ0v) is 7.62. The number of hydrogen-bond acceptors (Lipinski definition) is 2. The number of rotatable bonds is 2. The van der Waals surface area contributed by atoms with Gasteiger partial charge < -0.3 is 9.73 Å². The lowest BCUT2D eigenvalue weighted by atomic mass is 9.82. The lowest BCUT2D eigenvalue weighted by Crippen LogP contribution is -2.43. The molecule has 3 nitrogen and oxygen atoms in total. The van der Waals surface area contributed by atoms with Crippen LogP contribution < -0.4 is 5.32 Å². The van der Waals surface area contributed by atoms with E-state index in [1.165, 1.54) is 12.5 Å². The molecule has 0 unspecified atom stereocenters. The Morgan fingerprint density at radius 1 is 1.62 bits per heavy atom. The molecule has 13 heavy (non-hydrogen) atoms. The van der Waals surface area contributed by atoms with E-state index in [0.29, 0.717) is 11.6 Å². The van der Waals surface area contributed by atoms with Crippen molar-refractivity contribution in [2.75, 3.05) is 0 Å². The van der Waals surface area contributed by atoms with Crippen LogP contribution in [0.2, 0.25) is 0 Å². The summed E-state index contributed by atoms with van der Waals surface area (Å²) < 4.78 is 4.83. The molecule has 2 rings (SSSR count). The Kier molecular flexibility index (Phi) is 2.08. The molecule has 1 N–H and O–H groups in total. The molecule has 0 atom stereocenters. The van der Waals surface area contributed by atoms with E-state index in [0.717, 1.165) is 18.8 Å². The van der Waals surface area contributed by atoms with Gasteiger partial charge in [-0.05, 0) is 24.8 Å². The fraction of sp³-hybridized carbons (Fsp3) is 0.500. The van der Waals surface area contributed by atoms with Crippen molar-refractivity contribution >= 4 is 5.91 Å². The van der Waals surface area contributed by atoms with Crippen LogP contribution in [-0.2, 0) is 0 Å². The van der Waals surface area contributed by atoms with Crippen molar-refractivity contribution in [2.24, 2.45) is 5.92 Å². The summed E-state index contributed by atoms with van der Waals surface area (Å²) in [4.78, 5) is 11.4. The smallest absolute Gasteiger partial charge is 0.254 e. The van der Waals surface area contributed by atoms with Gasteiger partial charge in [0, 0.05) is 6.04 Å². The highest BCUT2D eigenvalue weighted by atomic mass is 16.3. The van der Waals surface area contributed by atoms with Gasteiger partial charge in [0.15, 0.2) is 0 Å². The molecule has 1 fully saturated rings. The third kappa shape index (κ3) is 1.74. The lowest BCUT2D eigenvalue weighted by Gasteiger charge is -2.33. The third-order valence-corrected chi connectivity index (χ3v) is 2.49. The van der Waals surface area contributed by atoms with Crippen LogP contribution in [0.15, 0.2) is 23.0 Å². The van der Waals surface area contributed by atoms with Gasteiger partial charge in [0.05, 0.1) is 11.8 Å². The van der Waals surface area contributed by atoms with Crippen LogP contribution in [0.3, 0.4) is 0 Å². The molecular formula is C10H13NO2. The third-order valence-electron chi connectivity index (χ3n) is 2.49. The molecule has 0 aromatic carbocycles. The molecule has 1 aliphatic rings. The van der Waals surface area contributed by atoms with Crippen LogP contribution >= 0.6 is 0 Å². The highest BCUT2D eigenvalue weighted by Crippen LogP contribution is 2.26. The van der Waals surface area contributed by atoms with Gasteiger partial charge in [-0.15, -0.1) is 0 Å². The first-order valence-electron chi connectivity index (χ1n) is 4.59. The van der Waals surface area contributed by atoms with Crippen LogP contribution in [0, 0.1) is 5.92 Å². The van der Waals surface area contributed by atoms with E-state index in [-0.39, 0.29) is 5.91 Å². The summed E-state index contributed by atoms with van der Waals surface area (Å²) in [5.41, 5.74) is 0.611. The first kappa shape index (κ1) is 8.35. The standard InChI is InChI=1S/C10H13NO2/c1-7-4-9(5-7)11-10(12)8-2-3-13-6-8/h2-3,6-7,9H,4-5H2,1H3,(H,11,12). The van der Waals surface area contributed by atoms with Crippen molar-refractivity contribution in [1.29, 1.82) is 0 Å². The number of hydrogen-bond donors (Lipinski definition) is 1. The Labute approximate surface area is 77.1 Å². The summed E-state index contributed by atoms with van der Waals surface area (Å²) in [5.74, 6) is 0.736. The first-order valence-corrected chi connectivity index (χ1v) is 4.59. The van der Waals surface area contributed by atoms with Gasteiger partial charge in [-0.3, -0.25) is 4.79 Å². The van der Waals surface area contributed by atoms with Gasteiger partial charge in [-0.2, -0.15) is 0 Å².